The average molecular weight is 1020 g/mol. The van der Waals surface area contributed by atoms with Gasteiger partial charge in [-0.15, -0.1) is 0 Å². The van der Waals surface area contributed by atoms with E-state index < -0.39 is 224 Å². The third-order valence-electron chi connectivity index (χ3n) is 12.7. The molecule has 31 heteroatoms. The van der Waals surface area contributed by atoms with E-state index in [-0.39, 0.29) is 6.61 Å². The molecule has 19 N–H and O–H groups in total. The van der Waals surface area contributed by atoms with Crippen LogP contribution < -0.4 is 0 Å². The molecule has 0 aromatic heterocycles. The van der Waals surface area contributed by atoms with Gasteiger partial charge in [0.1, 0.15) is 146 Å². The molecule has 69 heavy (non-hydrogen) atoms. The summed E-state index contributed by atoms with van der Waals surface area (Å²) in [4.78, 5) is 0. The van der Waals surface area contributed by atoms with Crippen LogP contribution in [0.1, 0.15) is 6.92 Å². The summed E-state index contributed by atoms with van der Waals surface area (Å²) in [7, 11) is 0. The molecule has 0 aromatic carbocycles. The Bertz CT molecular complexity index is 1540. The molecule has 0 amide bonds. The van der Waals surface area contributed by atoms with Gasteiger partial charge in [-0.3, -0.25) is 0 Å². The van der Waals surface area contributed by atoms with E-state index in [1.54, 1.807) is 0 Å². The Morgan fingerprint density at radius 3 is 0.870 bits per heavy atom. The zero-order chi connectivity index (χ0) is 50.8. The van der Waals surface area contributed by atoms with Gasteiger partial charge < -0.3 is 154 Å². The van der Waals surface area contributed by atoms with Crippen LogP contribution in [0.25, 0.3) is 0 Å². The third kappa shape index (κ3) is 12.2. The van der Waals surface area contributed by atoms with Gasteiger partial charge in [-0.2, -0.15) is 0 Å². The first-order chi connectivity index (χ1) is 32.7. The van der Waals surface area contributed by atoms with Gasteiger partial charge in [-0.1, -0.05) is 0 Å². The van der Waals surface area contributed by atoms with Crippen LogP contribution in [0.3, 0.4) is 0 Å². The molecule has 29 unspecified atom stereocenters. The quantitative estimate of drug-likeness (QED) is 0.0606. The smallest absolute Gasteiger partial charge is 0.187 e. The summed E-state index contributed by atoms with van der Waals surface area (Å²) in [5, 5.41) is 201. The fourth-order valence-corrected chi connectivity index (χ4v) is 8.58. The topological polar surface area (TPSA) is 495 Å². The minimum atomic E-state index is -2.25. The van der Waals surface area contributed by atoms with Crippen molar-refractivity contribution in [3.8, 4) is 0 Å². The largest absolute Gasteiger partial charge is 0.394 e. The van der Waals surface area contributed by atoms with Gasteiger partial charge in [0.15, 0.2) is 37.7 Å². The molecule has 0 radical (unpaired) electrons. The van der Waals surface area contributed by atoms with Gasteiger partial charge in [0, 0.05) is 6.61 Å². The first kappa shape index (κ1) is 57.0. The van der Waals surface area contributed by atoms with Crippen molar-refractivity contribution in [3.63, 3.8) is 0 Å². The van der Waals surface area contributed by atoms with Gasteiger partial charge in [-0.05, 0) is 6.92 Å². The molecule has 0 bridgehead atoms. The van der Waals surface area contributed by atoms with Crippen molar-refractivity contribution in [2.45, 2.75) is 191 Å². The number of hydrogen-bond donors (Lipinski definition) is 19. The van der Waals surface area contributed by atoms with Gasteiger partial charge in [-0.25, -0.2) is 0 Å². The first-order valence-electron chi connectivity index (χ1n) is 22.1. The minimum absolute atomic E-state index is 0.0872. The summed E-state index contributed by atoms with van der Waals surface area (Å²) in [6.07, 6.45) is -56.2. The Hall–Kier alpha value is -1.24. The van der Waals surface area contributed by atoms with Crippen molar-refractivity contribution in [1.29, 1.82) is 0 Å². The summed E-state index contributed by atoms with van der Waals surface area (Å²) in [6.45, 7) is -3.71. The fourth-order valence-electron chi connectivity index (χ4n) is 8.58. The Morgan fingerprint density at radius 2 is 0.522 bits per heavy atom. The molecule has 6 saturated heterocycles. The van der Waals surface area contributed by atoms with Gasteiger partial charge in [0.05, 0.1) is 39.6 Å². The van der Waals surface area contributed by atoms with Crippen LogP contribution in [0, 0.1) is 0 Å². The highest BCUT2D eigenvalue weighted by Crippen LogP contribution is 2.36. The van der Waals surface area contributed by atoms with Crippen molar-refractivity contribution < 1.29 is 154 Å². The highest BCUT2D eigenvalue weighted by atomic mass is 16.8. The molecule has 6 heterocycles. The zero-order valence-corrected chi connectivity index (χ0v) is 36.7. The van der Waals surface area contributed by atoms with E-state index in [0.29, 0.717) is 0 Å². The standard InChI is InChI=1S/C38H66O31/c1-2-58-35-27(55)31(19(47)13(65-35)7-59-33-24(52)21(49)15(43)9(3-39)61-33)69-37-28(56)30(18(46)12(6-42)64-37)68-38-29(57)32(67-36-26(54)23(51)17(45)11(5-41)63-36)20(48)14(66-38)8-60-34-25(53)22(50)16(44)10(4-40)62-34/h9-57H,2-8H2,1H3/t9?,10?,11?,12?,13?,14?,15?,16?,17?,18?,19?,20-,21?,22?,23?,24?,25?,26?,27?,28?,29?,30?,31?,32?,33?,34?,35?,36?,37?,38?/m1/s1. The van der Waals surface area contributed by atoms with Crippen molar-refractivity contribution in [2.24, 2.45) is 0 Å². The maximum absolute atomic E-state index is 11.7. The van der Waals surface area contributed by atoms with Crippen LogP contribution in [-0.4, -0.2) is 328 Å². The Labute approximate surface area is 391 Å². The highest BCUT2D eigenvalue weighted by Gasteiger charge is 2.57. The number of aliphatic hydroxyl groups excluding tert-OH is 19. The van der Waals surface area contributed by atoms with Crippen molar-refractivity contribution in [3.05, 3.63) is 0 Å². The van der Waals surface area contributed by atoms with E-state index in [4.69, 9.17) is 56.8 Å². The summed E-state index contributed by atoms with van der Waals surface area (Å²) in [5.74, 6) is 0. The predicted molar refractivity (Wildman–Crippen MR) is 209 cm³/mol. The minimum Gasteiger partial charge on any atom is -0.394 e. The molecular formula is C38H66O31. The molecule has 6 aliphatic rings. The molecule has 0 spiro atoms. The van der Waals surface area contributed by atoms with Crippen LogP contribution in [0.4, 0.5) is 0 Å². The lowest BCUT2D eigenvalue weighted by Gasteiger charge is -2.49. The number of aliphatic hydroxyl groups is 19. The van der Waals surface area contributed by atoms with E-state index in [0.717, 1.165) is 0 Å². The molecule has 0 saturated carbocycles. The van der Waals surface area contributed by atoms with Crippen LogP contribution in [-0.2, 0) is 56.8 Å². The molecule has 6 rings (SSSR count). The Kier molecular flexibility index (Phi) is 20.6. The van der Waals surface area contributed by atoms with Crippen LogP contribution in [0.2, 0.25) is 0 Å². The molecular weight excluding hydrogens is 952 g/mol. The monoisotopic (exact) mass is 1020 g/mol. The SMILES string of the molecule is CCOC1OC(COC2OC(CO)C(O)C(O)C2O)C(O)C(OC2OC(CO)C(O)C(OC3OC(COC4OC(CO)C(O)C(O)C4O)[C@@H](O)C(OC4OC(CO)C(O)C(O)C4O)C3O)C2O)C1O. The molecule has 0 aliphatic carbocycles. The second-order valence-electron chi connectivity index (χ2n) is 17.3. The van der Waals surface area contributed by atoms with Crippen LogP contribution in [0.15, 0.2) is 0 Å². The Morgan fingerprint density at radius 1 is 0.275 bits per heavy atom. The van der Waals surface area contributed by atoms with Crippen LogP contribution >= 0.6 is 0 Å². The van der Waals surface area contributed by atoms with Gasteiger partial charge in [0.2, 0.25) is 0 Å². The highest BCUT2D eigenvalue weighted by molar-refractivity contribution is 4.99. The molecule has 6 aliphatic heterocycles. The van der Waals surface area contributed by atoms with Gasteiger partial charge >= 0.3 is 0 Å². The number of ether oxygens (including phenoxy) is 12. The molecule has 404 valence electrons. The summed E-state index contributed by atoms with van der Waals surface area (Å²) in [5.41, 5.74) is 0. The van der Waals surface area contributed by atoms with E-state index in [1.807, 2.05) is 0 Å². The first-order valence-corrected chi connectivity index (χ1v) is 22.1. The second kappa shape index (κ2) is 24.9. The lowest BCUT2D eigenvalue weighted by atomic mass is 9.95. The van der Waals surface area contributed by atoms with E-state index in [2.05, 4.69) is 0 Å². The Balaban J connectivity index is 1.22. The van der Waals surface area contributed by atoms with Crippen molar-refractivity contribution >= 4 is 0 Å². The second-order valence-corrected chi connectivity index (χ2v) is 17.3. The van der Waals surface area contributed by atoms with Crippen molar-refractivity contribution in [2.75, 3.05) is 46.2 Å². The lowest BCUT2D eigenvalue weighted by molar-refractivity contribution is -0.394. The maximum Gasteiger partial charge on any atom is 0.187 e. The van der Waals surface area contributed by atoms with Crippen LogP contribution in [0.5, 0.6) is 0 Å². The zero-order valence-electron chi connectivity index (χ0n) is 36.7. The molecule has 31 nitrogen and oxygen atoms in total. The summed E-state index contributed by atoms with van der Waals surface area (Å²) < 4.78 is 67.1. The summed E-state index contributed by atoms with van der Waals surface area (Å²) in [6, 6.07) is 0. The summed E-state index contributed by atoms with van der Waals surface area (Å²) >= 11 is 0. The van der Waals surface area contributed by atoms with E-state index in [1.165, 1.54) is 6.92 Å². The fraction of sp³-hybridized carbons (Fsp3) is 1.00. The number of rotatable bonds is 18. The molecule has 0 aromatic rings. The normalized spacial score (nSPS) is 52.2. The molecule has 30 atom stereocenters. The van der Waals surface area contributed by atoms with Gasteiger partial charge in [0.25, 0.3) is 0 Å². The maximum atomic E-state index is 11.7. The van der Waals surface area contributed by atoms with Crippen molar-refractivity contribution in [1.82, 2.24) is 0 Å². The molecule has 6 fully saturated rings. The number of hydrogen-bond acceptors (Lipinski definition) is 31. The average Bonchev–Trinajstić information content (AvgIpc) is 3.33. The van der Waals surface area contributed by atoms with E-state index >= 15 is 0 Å². The third-order valence-corrected chi connectivity index (χ3v) is 12.7. The van der Waals surface area contributed by atoms with E-state index in [9.17, 15) is 97.0 Å². The predicted octanol–water partition coefficient (Wildman–Crippen LogP) is -13.1. The lowest BCUT2D eigenvalue weighted by Crippen LogP contribution is -2.68.